The van der Waals surface area contributed by atoms with E-state index in [2.05, 4.69) is 5.32 Å². The molecule has 196 valence electrons. The van der Waals surface area contributed by atoms with E-state index in [0.717, 1.165) is 0 Å². The summed E-state index contributed by atoms with van der Waals surface area (Å²) in [6.07, 6.45) is 0.128. The molecule has 0 spiro atoms. The molecule has 1 amide bonds. The number of aryl methyl sites for hydroxylation is 1. The largest absolute Gasteiger partial charge is 0.495 e. The Morgan fingerprint density at radius 1 is 0.974 bits per heavy atom. The van der Waals surface area contributed by atoms with E-state index >= 15 is 0 Å². The third kappa shape index (κ3) is 5.36. The van der Waals surface area contributed by atoms with Gasteiger partial charge in [0.1, 0.15) is 11.8 Å². The van der Waals surface area contributed by atoms with Crippen LogP contribution in [0, 0.1) is 0 Å². The molecule has 7 nitrogen and oxygen atoms in total. The zero-order valence-electron chi connectivity index (χ0n) is 20.7. The van der Waals surface area contributed by atoms with E-state index in [9.17, 15) is 14.4 Å². The van der Waals surface area contributed by atoms with Gasteiger partial charge in [0.25, 0.3) is 11.5 Å². The van der Waals surface area contributed by atoms with Crippen LogP contribution in [0.25, 0.3) is 22.0 Å². The summed E-state index contributed by atoms with van der Waals surface area (Å²) in [5, 5.41) is 4.20. The van der Waals surface area contributed by atoms with Gasteiger partial charge in [-0.05, 0) is 41.5 Å². The van der Waals surface area contributed by atoms with E-state index in [0.29, 0.717) is 38.4 Å². The Hall–Kier alpha value is -3.52. The molecule has 0 fully saturated rings. The zero-order valence-corrected chi connectivity index (χ0v) is 22.9. The molecule has 1 N–H and O–H groups in total. The van der Waals surface area contributed by atoms with E-state index in [1.54, 1.807) is 60.1 Å². The van der Waals surface area contributed by atoms with Crippen LogP contribution in [0.1, 0.15) is 15.9 Å². The van der Waals surface area contributed by atoms with Gasteiger partial charge in [0, 0.05) is 23.9 Å². The van der Waals surface area contributed by atoms with Crippen molar-refractivity contribution in [3.05, 3.63) is 97.2 Å². The fourth-order valence-electron chi connectivity index (χ4n) is 4.28. The van der Waals surface area contributed by atoms with Gasteiger partial charge in [-0.15, -0.1) is 0 Å². The number of ether oxygens (including phenoxy) is 2. The van der Waals surface area contributed by atoms with Gasteiger partial charge in [0.15, 0.2) is 0 Å². The van der Waals surface area contributed by atoms with Gasteiger partial charge < -0.3 is 19.4 Å². The first-order valence-corrected chi connectivity index (χ1v) is 12.6. The summed E-state index contributed by atoms with van der Waals surface area (Å²) in [5.41, 5.74) is 2.23. The Labute approximate surface area is 233 Å². The number of fused-ring (bicyclic) bond motifs is 1. The van der Waals surface area contributed by atoms with Gasteiger partial charge in [-0.1, -0.05) is 65.1 Å². The summed E-state index contributed by atoms with van der Waals surface area (Å²) < 4.78 is 12.1. The molecule has 0 aliphatic heterocycles. The maximum Gasteiger partial charge on any atom is 0.328 e. The molecule has 38 heavy (non-hydrogen) atoms. The van der Waals surface area contributed by atoms with Crippen molar-refractivity contribution < 1.29 is 19.1 Å². The fourth-order valence-corrected chi connectivity index (χ4v) is 5.02. The van der Waals surface area contributed by atoms with Crippen LogP contribution in [0.4, 0.5) is 0 Å². The monoisotopic (exact) mass is 572 g/mol. The predicted molar refractivity (Wildman–Crippen MR) is 150 cm³/mol. The number of rotatable bonds is 7. The molecule has 3 aromatic carbocycles. The quantitative estimate of drug-likeness (QED) is 0.287. The minimum Gasteiger partial charge on any atom is -0.495 e. The van der Waals surface area contributed by atoms with Gasteiger partial charge in [-0.3, -0.25) is 9.59 Å². The van der Waals surface area contributed by atoms with Crippen LogP contribution < -0.4 is 15.6 Å². The topological polar surface area (TPSA) is 86.6 Å². The Balaban J connectivity index is 1.66. The maximum atomic E-state index is 13.3. The molecule has 0 saturated carbocycles. The molecule has 0 radical (unpaired) electrons. The average Bonchev–Trinajstić information content (AvgIpc) is 2.90. The first kappa shape index (κ1) is 27.5. The molecule has 1 atom stereocenters. The van der Waals surface area contributed by atoms with Crippen LogP contribution in [-0.4, -0.2) is 36.7 Å². The highest BCUT2D eigenvalue weighted by atomic mass is 35.5. The van der Waals surface area contributed by atoms with Crippen molar-refractivity contribution in [3.63, 3.8) is 0 Å². The van der Waals surface area contributed by atoms with Crippen LogP contribution in [0.5, 0.6) is 5.75 Å². The Morgan fingerprint density at radius 3 is 2.24 bits per heavy atom. The third-order valence-electron chi connectivity index (χ3n) is 6.18. The number of benzene rings is 3. The number of hydrogen-bond donors (Lipinski definition) is 1. The van der Waals surface area contributed by atoms with Gasteiger partial charge in [-0.25, -0.2) is 4.79 Å². The van der Waals surface area contributed by atoms with Crippen molar-refractivity contribution in [1.82, 2.24) is 9.88 Å². The van der Waals surface area contributed by atoms with Crippen LogP contribution in [0.2, 0.25) is 15.1 Å². The van der Waals surface area contributed by atoms with Crippen molar-refractivity contribution >= 4 is 57.6 Å². The van der Waals surface area contributed by atoms with Crippen molar-refractivity contribution in [3.8, 4) is 16.9 Å². The Bertz CT molecular complexity index is 1580. The minimum absolute atomic E-state index is 0.0689. The number of methoxy groups -OCH3 is 2. The van der Waals surface area contributed by atoms with Crippen LogP contribution in [0.3, 0.4) is 0 Å². The van der Waals surface area contributed by atoms with E-state index in [1.165, 1.54) is 26.4 Å². The lowest BCUT2D eigenvalue weighted by atomic mass is 9.99. The first-order valence-electron chi connectivity index (χ1n) is 11.4. The van der Waals surface area contributed by atoms with Crippen LogP contribution in [-0.2, 0) is 23.0 Å². The van der Waals surface area contributed by atoms with Gasteiger partial charge in [0.2, 0.25) is 0 Å². The molecular weight excluding hydrogens is 551 g/mol. The lowest BCUT2D eigenvalue weighted by Crippen LogP contribution is -2.43. The lowest BCUT2D eigenvalue weighted by Gasteiger charge is -2.18. The summed E-state index contributed by atoms with van der Waals surface area (Å²) in [6, 6.07) is 16.0. The molecule has 10 heteroatoms. The van der Waals surface area contributed by atoms with E-state index in [4.69, 9.17) is 44.3 Å². The Kier molecular flexibility index (Phi) is 8.31. The van der Waals surface area contributed by atoms with Gasteiger partial charge >= 0.3 is 5.97 Å². The number of hydrogen-bond acceptors (Lipinski definition) is 5. The number of halogens is 3. The first-order chi connectivity index (χ1) is 18.2. The molecule has 0 aliphatic rings. The number of nitrogens with zero attached hydrogens (tertiary/aromatic N) is 1. The number of amides is 1. The smallest absolute Gasteiger partial charge is 0.328 e. The van der Waals surface area contributed by atoms with Crippen molar-refractivity contribution in [2.45, 2.75) is 12.5 Å². The maximum absolute atomic E-state index is 13.3. The molecule has 1 aromatic heterocycles. The van der Waals surface area contributed by atoms with Crippen molar-refractivity contribution in [2.24, 2.45) is 7.05 Å². The lowest BCUT2D eigenvalue weighted by molar-refractivity contribution is -0.142. The molecule has 0 unspecified atom stereocenters. The zero-order chi connectivity index (χ0) is 27.6. The fraction of sp³-hybridized carbons (Fsp3) is 0.179. The number of esters is 1. The standard InChI is InChI=1S/C28H23Cl3N2O5/c1-33-22-12-11-17(29)14-18(22)25(37-2)23(27(33)35)16-9-7-15(8-10-16)13-21(28(36)38-3)32-26(34)24-19(30)5-4-6-20(24)31/h4-12,14,21H,13H2,1-3H3,(H,32,34)/t21-/m0/s1. The summed E-state index contributed by atoms with van der Waals surface area (Å²) >= 11 is 18.5. The van der Waals surface area contributed by atoms with E-state index in [-0.39, 0.29) is 27.6 Å². The molecule has 0 aliphatic carbocycles. The predicted octanol–water partition coefficient (Wildman–Crippen LogP) is 5.69. The summed E-state index contributed by atoms with van der Waals surface area (Å²) in [7, 11) is 4.42. The minimum atomic E-state index is -1.00. The van der Waals surface area contributed by atoms with Crippen LogP contribution >= 0.6 is 34.8 Å². The number of carbonyl (C=O) groups excluding carboxylic acids is 2. The van der Waals surface area contributed by atoms with Gasteiger partial charge in [0.05, 0.1) is 40.9 Å². The molecule has 4 rings (SSSR count). The number of pyridine rings is 1. The highest BCUT2D eigenvalue weighted by Crippen LogP contribution is 2.35. The molecule has 0 saturated heterocycles. The van der Waals surface area contributed by atoms with Gasteiger partial charge in [-0.2, -0.15) is 0 Å². The summed E-state index contributed by atoms with van der Waals surface area (Å²) in [4.78, 5) is 38.6. The molecule has 1 heterocycles. The summed E-state index contributed by atoms with van der Waals surface area (Å²) in [6.45, 7) is 0. The molecule has 4 aromatic rings. The number of aromatic nitrogens is 1. The summed E-state index contributed by atoms with van der Waals surface area (Å²) in [5.74, 6) is -0.821. The van der Waals surface area contributed by atoms with E-state index in [1.807, 2.05) is 0 Å². The average molecular weight is 574 g/mol. The van der Waals surface area contributed by atoms with Crippen LogP contribution in [0.15, 0.2) is 65.5 Å². The number of nitrogens with one attached hydrogen (secondary N) is 1. The SMILES string of the molecule is COC(=O)[C@H](Cc1ccc(-c2c(OC)c3cc(Cl)ccc3n(C)c2=O)cc1)NC(=O)c1c(Cl)cccc1Cl. The van der Waals surface area contributed by atoms with Crippen molar-refractivity contribution in [1.29, 1.82) is 0 Å². The second-order valence-electron chi connectivity index (χ2n) is 8.48. The Morgan fingerprint density at radius 2 is 1.63 bits per heavy atom. The highest BCUT2D eigenvalue weighted by Gasteiger charge is 2.25. The van der Waals surface area contributed by atoms with Crippen molar-refractivity contribution in [2.75, 3.05) is 14.2 Å². The van der Waals surface area contributed by atoms with E-state index < -0.39 is 17.9 Å². The normalized spacial score (nSPS) is 11.7. The molecular formula is C28H23Cl3N2O5. The third-order valence-corrected chi connectivity index (χ3v) is 7.04. The number of carbonyl (C=O) groups is 2. The molecule has 0 bridgehead atoms. The highest BCUT2D eigenvalue weighted by molar-refractivity contribution is 6.39. The second-order valence-corrected chi connectivity index (χ2v) is 9.73. The second kappa shape index (κ2) is 11.5.